The van der Waals surface area contributed by atoms with Crippen LogP contribution in [0.15, 0.2) is 36.4 Å². The average molecular weight is 402 g/mol. The van der Waals surface area contributed by atoms with E-state index in [1.165, 1.54) is 6.07 Å². The van der Waals surface area contributed by atoms with Gasteiger partial charge in [0.25, 0.3) is 5.91 Å². The Hall–Kier alpha value is -3.49. The fourth-order valence-electron chi connectivity index (χ4n) is 2.73. The highest BCUT2D eigenvalue weighted by atomic mass is 16.5. The van der Waals surface area contributed by atoms with Gasteiger partial charge in [0.05, 0.1) is 31.1 Å². The van der Waals surface area contributed by atoms with Crippen LogP contribution >= 0.6 is 0 Å². The molecule has 0 fully saturated rings. The molecule has 0 bridgehead atoms. The van der Waals surface area contributed by atoms with Crippen molar-refractivity contribution in [2.75, 3.05) is 13.2 Å². The quantitative estimate of drug-likeness (QED) is 0.604. The summed E-state index contributed by atoms with van der Waals surface area (Å²) in [5.41, 5.74) is 0.536. The number of hydrogen-bond donors (Lipinski definition) is 2. The molecule has 0 saturated carbocycles. The fraction of sp³-hybridized carbons (Fsp3) is 0.350. The first-order chi connectivity index (χ1) is 13.9. The second-order valence-electron chi connectivity index (χ2n) is 6.05. The van der Waals surface area contributed by atoms with Gasteiger partial charge in [0.2, 0.25) is 0 Å². The predicted molar refractivity (Wildman–Crippen MR) is 102 cm³/mol. The van der Waals surface area contributed by atoms with Crippen LogP contribution in [0.2, 0.25) is 0 Å². The molecule has 0 spiro atoms. The lowest BCUT2D eigenvalue weighted by atomic mass is 9.95. The lowest BCUT2D eigenvalue weighted by molar-refractivity contribution is -0.159. The second-order valence-corrected chi connectivity index (χ2v) is 6.05. The van der Waals surface area contributed by atoms with Gasteiger partial charge >= 0.3 is 17.9 Å². The van der Waals surface area contributed by atoms with Crippen LogP contribution in [0, 0.1) is 5.92 Å². The molecule has 1 amide bonds. The highest BCUT2D eigenvalue weighted by molar-refractivity contribution is 5.98. The second kappa shape index (κ2) is 10.2. The van der Waals surface area contributed by atoms with Crippen molar-refractivity contribution in [2.24, 2.45) is 5.92 Å². The summed E-state index contributed by atoms with van der Waals surface area (Å²) in [5.74, 6) is -5.41. The molecule has 0 saturated heterocycles. The smallest absolute Gasteiger partial charge is 0.327 e. The van der Waals surface area contributed by atoms with E-state index in [0.29, 0.717) is 5.52 Å². The van der Waals surface area contributed by atoms with E-state index >= 15 is 0 Å². The first-order valence-corrected chi connectivity index (χ1v) is 9.09. The topological polar surface area (TPSA) is 132 Å². The number of esters is 2. The summed E-state index contributed by atoms with van der Waals surface area (Å²) in [4.78, 5) is 52.7. The number of hydrogen-bond acceptors (Lipinski definition) is 7. The summed E-state index contributed by atoms with van der Waals surface area (Å²) in [6.45, 7) is 3.19. The number of carboxylic acids is 1. The number of benzene rings is 1. The number of aliphatic carboxylic acids is 1. The van der Waals surface area contributed by atoms with Gasteiger partial charge in [0.15, 0.2) is 0 Å². The summed E-state index contributed by atoms with van der Waals surface area (Å²) >= 11 is 0. The van der Waals surface area contributed by atoms with Crippen molar-refractivity contribution in [3.8, 4) is 0 Å². The van der Waals surface area contributed by atoms with Crippen LogP contribution in [0.4, 0.5) is 0 Å². The number of rotatable bonds is 9. The number of carbonyl (C=O) groups is 4. The van der Waals surface area contributed by atoms with Gasteiger partial charge in [-0.3, -0.25) is 14.4 Å². The molecule has 1 aromatic carbocycles. The van der Waals surface area contributed by atoms with Gasteiger partial charge in [0.1, 0.15) is 11.7 Å². The first-order valence-electron chi connectivity index (χ1n) is 9.09. The van der Waals surface area contributed by atoms with E-state index in [-0.39, 0.29) is 18.9 Å². The number of nitrogens with one attached hydrogen (secondary N) is 1. The Morgan fingerprint density at radius 2 is 1.72 bits per heavy atom. The molecule has 1 aromatic heterocycles. The minimum atomic E-state index is -1.70. The average Bonchev–Trinajstić information content (AvgIpc) is 2.70. The van der Waals surface area contributed by atoms with E-state index in [1.807, 2.05) is 12.1 Å². The fourth-order valence-corrected chi connectivity index (χ4v) is 2.73. The minimum Gasteiger partial charge on any atom is -0.480 e. The van der Waals surface area contributed by atoms with E-state index in [9.17, 15) is 24.3 Å². The van der Waals surface area contributed by atoms with E-state index in [4.69, 9.17) is 9.47 Å². The van der Waals surface area contributed by atoms with Crippen LogP contribution in [-0.4, -0.2) is 53.2 Å². The summed E-state index contributed by atoms with van der Waals surface area (Å²) in [6, 6.07) is 8.54. The molecular weight excluding hydrogens is 380 g/mol. The molecule has 1 heterocycles. The number of aromatic nitrogens is 1. The van der Waals surface area contributed by atoms with Crippen molar-refractivity contribution in [3.05, 3.63) is 42.1 Å². The van der Waals surface area contributed by atoms with Crippen molar-refractivity contribution in [2.45, 2.75) is 26.3 Å². The zero-order valence-corrected chi connectivity index (χ0v) is 16.1. The maximum absolute atomic E-state index is 12.6. The van der Waals surface area contributed by atoms with Crippen molar-refractivity contribution in [1.82, 2.24) is 10.3 Å². The first kappa shape index (κ1) is 21.8. The standard InChI is InChI=1S/C20H22N2O7/c1-3-28-16(23)11-13(20(27)29-4-2)17(19(25)26)22-18(24)15-10-9-12-7-5-6-8-14(12)21-15/h5-10,13,17H,3-4,11H2,1-2H3,(H,22,24)(H,25,26)/t13-,17-/m0/s1. The molecule has 9 nitrogen and oxygen atoms in total. The van der Waals surface area contributed by atoms with Crippen LogP contribution < -0.4 is 5.32 Å². The number of ether oxygens (including phenoxy) is 2. The van der Waals surface area contributed by atoms with Gasteiger partial charge in [-0.1, -0.05) is 24.3 Å². The molecule has 2 rings (SSSR count). The van der Waals surface area contributed by atoms with Gasteiger partial charge in [-0.05, 0) is 26.0 Å². The molecule has 29 heavy (non-hydrogen) atoms. The molecule has 0 aliphatic heterocycles. The number of carbonyl (C=O) groups excluding carboxylic acids is 3. The van der Waals surface area contributed by atoms with Crippen LogP contribution in [0.3, 0.4) is 0 Å². The molecule has 0 aliphatic carbocycles. The van der Waals surface area contributed by atoms with Gasteiger partial charge in [-0.2, -0.15) is 0 Å². The predicted octanol–water partition coefficient (Wildman–Crippen LogP) is 1.55. The molecule has 0 unspecified atom stereocenters. The number of amides is 1. The Labute approximate surface area is 167 Å². The van der Waals surface area contributed by atoms with Gasteiger partial charge in [-0.15, -0.1) is 0 Å². The number of nitrogens with zero attached hydrogens (tertiary/aromatic N) is 1. The van der Waals surface area contributed by atoms with Gasteiger partial charge < -0.3 is 19.9 Å². The highest BCUT2D eigenvalue weighted by Crippen LogP contribution is 2.16. The van der Waals surface area contributed by atoms with E-state index in [0.717, 1.165) is 5.39 Å². The molecule has 0 radical (unpaired) electrons. The Kier molecular flexibility index (Phi) is 7.64. The lowest BCUT2D eigenvalue weighted by Crippen LogP contribution is -2.50. The number of carboxylic acid groups (broad SMARTS) is 1. The van der Waals surface area contributed by atoms with E-state index in [1.54, 1.807) is 32.0 Å². The normalized spacial score (nSPS) is 12.6. The van der Waals surface area contributed by atoms with Gasteiger partial charge in [0, 0.05) is 5.39 Å². The largest absolute Gasteiger partial charge is 0.480 e. The third-order valence-electron chi connectivity index (χ3n) is 4.07. The summed E-state index contributed by atoms with van der Waals surface area (Å²) in [5, 5.41) is 12.7. The van der Waals surface area contributed by atoms with Crippen molar-refractivity contribution in [3.63, 3.8) is 0 Å². The molecule has 154 valence electrons. The van der Waals surface area contributed by atoms with Crippen molar-refractivity contribution >= 4 is 34.7 Å². The van der Waals surface area contributed by atoms with Crippen LogP contribution in [-0.2, 0) is 23.9 Å². The van der Waals surface area contributed by atoms with Crippen LogP contribution in [0.1, 0.15) is 30.8 Å². The third-order valence-corrected chi connectivity index (χ3v) is 4.07. The summed E-state index contributed by atoms with van der Waals surface area (Å²) in [6.07, 6.45) is -0.547. The van der Waals surface area contributed by atoms with E-state index < -0.39 is 42.2 Å². The summed E-state index contributed by atoms with van der Waals surface area (Å²) < 4.78 is 9.69. The highest BCUT2D eigenvalue weighted by Gasteiger charge is 2.38. The molecule has 9 heteroatoms. The number of para-hydroxylation sites is 1. The monoisotopic (exact) mass is 402 g/mol. The molecular formula is C20H22N2O7. The maximum Gasteiger partial charge on any atom is 0.327 e. The summed E-state index contributed by atoms with van der Waals surface area (Å²) in [7, 11) is 0. The SMILES string of the molecule is CCOC(=O)C[C@H](C(=O)OCC)[C@H](NC(=O)c1ccc2ccccc2n1)C(=O)O. The Balaban J connectivity index is 2.27. The zero-order chi connectivity index (χ0) is 21.4. The van der Waals surface area contributed by atoms with E-state index in [2.05, 4.69) is 10.3 Å². The Morgan fingerprint density at radius 1 is 1.03 bits per heavy atom. The van der Waals surface area contributed by atoms with Crippen molar-refractivity contribution in [1.29, 1.82) is 0 Å². The van der Waals surface area contributed by atoms with Gasteiger partial charge in [-0.25, -0.2) is 9.78 Å². The number of pyridine rings is 1. The molecule has 2 N–H and O–H groups in total. The third kappa shape index (κ3) is 5.74. The van der Waals surface area contributed by atoms with Crippen molar-refractivity contribution < 1.29 is 33.8 Å². The molecule has 0 aliphatic rings. The van der Waals surface area contributed by atoms with Crippen LogP contribution in [0.25, 0.3) is 10.9 Å². The Morgan fingerprint density at radius 3 is 2.38 bits per heavy atom. The Bertz CT molecular complexity index is 913. The molecule has 2 aromatic rings. The zero-order valence-electron chi connectivity index (χ0n) is 16.1. The lowest BCUT2D eigenvalue weighted by Gasteiger charge is -2.22. The van der Waals surface area contributed by atoms with Crippen LogP contribution in [0.5, 0.6) is 0 Å². The molecule has 2 atom stereocenters. The number of fused-ring (bicyclic) bond motifs is 1. The maximum atomic E-state index is 12.6. The minimum absolute atomic E-state index is 0.00925.